The fourth-order valence-corrected chi connectivity index (χ4v) is 3.45. The first-order valence-corrected chi connectivity index (χ1v) is 9.04. The zero-order valence-corrected chi connectivity index (χ0v) is 16.0. The Kier molecular flexibility index (Phi) is 4.46. The molecule has 0 saturated carbocycles. The summed E-state index contributed by atoms with van der Waals surface area (Å²) < 4.78 is 0. The number of aryl methyl sites for hydroxylation is 1. The van der Waals surface area contributed by atoms with Gasteiger partial charge in [-0.2, -0.15) is 0 Å². The minimum Gasteiger partial charge on any atom is -0.377 e. The molecule has 132 valence electrons. The molecule has 3 nitrogen and oxygen atoms in total. The lowest BCUT2D eigenvalue weighted by atomic mass is 9.92. The van der Waals surface area contributed by atoms with Crippen LogP contribution < -0.4 is 5.32 Å². The molecule has 0 radical (unpaired) electrons. The van der Waals surface area contributed by atoms with Gasteiger partial charge in [0.1, 0.15) is 11.4 Å². The summed E-state index contributed by atoms with van der Waals surface area (Å²) in [5.41, 5.74) is 5.28. The Morgan fingerprint density at radius 2 is 1.60 bits per heavy atom. The van der Waals surface area contributed by atoms with Crippen LogP contribution in [0.2, 0.25) is 0 Å². The smallest absolute Gasteiger partial charge is 0.146 e. The number of para-hydroxylation sites is 1. The Labute approximate surface area is 150 Å². The Morgan fingerprint density at radius 1 is 1.00 bits per heavy atom. The van der Waals surface area contributed by atoms with E-state index in [-0.39, 0.29) is 0 Å². The molecule has 1 atom stereocenters. The van der Waals surface area contributed by atoms with E-state index in [1.54, 1.807) is 0 Å². The topological polar surface area (TPSA) is 44.6 Å². The van der Waals surface area contributed by atoms with Crippen molar-refractivity contribution in [1.82, 2.24) is 0 Å². The van der Waals surface area contributed by atoms with Crippen LogP contribution in [0.3, 0.4) is 0 Å². The second kappa shape index (κ2) is 6.30. The van der Waals surface area contributed by atoms with Gasteiger partial charge < -0.3 is 10.4 Å². The van der Waals surface area contributed by atoms with Gasteiger partial charge in [-0.05, 0) is 48.4 Å². The highest BCUT2D eigenvalue weighted by Crippen LogP contribution is 2.40. The Balaban J connectivity index is 2.17. The van der Waals surface area contributed by atoms with E-state index in [1.807, 2.05) is 19.1 Å². The summed E-state index contributed by atoms with van der Waals surface area (Å²) in [6.45, 7) is 12.6. The Hall–Kier alpha value is -2.13. The van der Waals surface area contributed by atoms with Crippen LogP contribution in [0.1, 0.15) is 68.7 Å². The van der Waals surface area contributed by atoms with Crippen molar-refractivity contribution in [2.45, 2.75) is 59.0 Å². The molecule has 1 aliphatic rings. The van der Waals surface area contributed by atoms with Crippen LogP contribution in [0.5, 0.6) is 0 Å². The summed E-state index contributed by atoms with van der Waals surface area (Å²) in [5.74, 6) is 1.34. The maximum atomic E-state index is 11.1. The number of hydrogen-bond acceptors (Lipinski definition) is 2. The molecule has 1 aliphatic heterocycles. The van der Waals surface area contributed by atoms with E-state index in [4.69, 9.17) is 4.99 Å². The SMILES string of the molecule is Cc1ccc2c(c1)NC(=Nc1c(C(C)C)cccc1C(C)C)C2(C)O. The minimum atomic E-state index is -1.11. The van der Waals surface area contributed by atoms with Crippen molar-refractivity contribution in [3.63, 3.8) is 0 Å². The number of benzene rings is 2. The van der Waals surface area contributed by atoms with Crippen molar-refractivity contribution in [1.29, 1.82) is 0 Å². The highest BCUT2D eigenvalue weighted by Gasteiger charge is 2.39. The molecule has 0 spiro atoms. The fraction of sp³-hybridized carbons (Fsp3) is 0.409. The van der Waals surface area contributed by atoms with E-state index in [0.29, 0.717) is 17.7 Å². The molecule has 0 aliphatic carbocycles. The van der Waals surface area contributed by atoms with Crippen LogP contribution in [0.4, 0.5) is 11.4 Å². The van der Waals surface area contributed by atoms with Gasteiger partial charge in [0, 0.05) is 11.3 Å². The molecule has 1 unspecified atom stereocenters. The van der Waals surface area contributed by atoms with Crippen LogP contribution in [0, 0.1) is 6.92 Å². The molecular weight excluding hydrogens is 308 g/mol. The summed E-state index contributed by atoms with van der Waals surface area (Å²) in [7, 11) is 0. The monoisotopic (exact) mass is 336 g/mol. The maximum absolute atomic E-state index is 11.1. The third-order valence-electron chi connectivity index (χ3n) is 4.98. The molecule has 1 heterocycles. The van der Waals surface area contributed by atoms with Gasteiger partial charge in [-0.3, -0.25) is 0 Å². The molecule has 2 aromatic carbocycles. The molecule has 0 aromatic heterocycles. The highest BCUT2D eigenvalue weighted by atomic mass is 16.3. The summed E-state index contributed by atoms with van der Waals surface area (Å²) in [6, 6.07) is 12.4. The van der Waals surface area contributed by atoms with E-state index in [0.717, 1.165) is 22.5 Å². The van der Waals surface area contributed by atoms with E-state index >= 15 is 0 Å². The summed E-state index contributed by atoms with van der Waals surface area (Å²) in [4.78, 5) is 4.95. The van der Waals surface area contributed by atoms with E-state index < -0.39 is 5.60 Å². The highest BCUT2D eigenvalue weighted by molar-refractivity contribution is 6.09. The molecule has 0 bridgehead atoms. The third kappa shape index (κ3) is 3.09. The van der Waals surface area contributed by atoms with Crippen molar-refractivity contribution >= 4 is 17.2 Å². The van der Waals surface area contributed by atoms with Gasteiger partial charge in [0.05, 0.1) is 5.69 Å². The van der Waals surface area contributed by atoms with Crippen molar-refractivity contribution in [2.24, 2.45) is 4.99 Å². The predicted molar refractivity (Wildman–Crippen MR) is 106 cm³/mol. The number of hydrogen-bond donors (Lipinski definition) is 2. The van der Waals surface area contributed by atoms with Crippen molar-refractivity contribution < 1.29 is 5.11 Å². The van der Waals surface area contributed by atoms with Crippen molar-refractivity contribution in [2.75, 3.05) is 5.32 Å². The number of fused-ring (bicyclic) bond motifs is 1. The number of aliphatic hydroxyl groups is 1. The maximum Gasteiger partial charge on any atom is 0.146 e. The summed E-state index contributed by atoms with van der Waals surface area (Å²) >= 11 is 0. The molecule has 3 heteroatoms. The normalized spacial score (nSPS) is 21.1. The number of aliphatic imine (C=N–C) groups is 1. The van der Waals surface area contributed by atoms with Crippen molar-refractivity contribution in [3.05, 3.63) is 58.7 Å². The number of nitrogens with zero attached hydrogens (tertiary/aromatic N) is 1. The van der Waals surface area contributed by atoms with Gasteiger partial charge in [-0.25, -0.2) is 4.99 Å². The summed E-state index contributed by atoms with van der Waals surface area (Å²) in [5, 5.41) is 14.5. The van der Waals surface area contributed by atoms with E-state index in [2.05, 4.69) is 64.2 Å². The fourth-order valence-electron chi connectivity index (χ4n) is 3.45. The molecule has 2 aromatic rings. The number of rotatable bonds is 3. The number of amidine groups is 1. The molecule has 25 heavy (non-hydrogen) atoms. The first-order chi connectivity index (χ1) is 11.7. The van der Waals surface area contributed by atoms with Crippen LogP contribution >= 0.6 is 0 Å². The third-order valence-corrected chi connectivity index (χ3v) is 4.98. The van der Waals surface area contributed by atoms with E-state index in [9.17, 15) is 5.11 Å². The second-order valence-corrected chi connectivity index (χ2v) is 7.80. The lowest BCUT2D eigenvalue weighted by Crippen LogP contribution is -2.30. The van der Waals surface area contributed by atoms with Gasteiger partial charge in [0.25, 0.3) is 0 Å². The molecule has 0 fully saturated rings. The van der Waals surface area contributed by atoms with E-state index in [1.165, 1.54) is 11.1 Å². The van der Waals surface area contributed by atoms with Crippen LogP contribution in [0.15, 0.2) is 41.4 Å². The van der Waals surface area contributed by atoms with Crippen LogP contribution in [-0.2, 0) is 5.60 Å². The molecule has 3 rings (SSSR count). The first-order valence-electron chi connectivity index (χ1n) is 9.04. The number of nitrogens with one attached hydrogen (secondary N) is 1. The van der Waals surface area contributed by atoms with Gasteiger partial charge in [-0.1, -0.05) is 58.0 Å². The zero-order chi connectivity index (χ0) is 18.4. The zero-order valence-electron chi connectivity index (χ0n) is 16.0. The molecule has 2 N–H and O–H groups in total. The minimum absolute atomic E-state index is 0.369. The van der Waals surface area contributed by atoms with Gasteiger partial charge >= 0.3 is 0 Å². The Morgan fingerprint density at radius 3 is 2.16 bits per heavy atom. The second-order valence-electron chi connectivity index (χ2n) is 7.80. The van der Waals surface area contributed by atoms with Gasteiger partial charge in [-0.15, -0.1) is 0 Å². The van der Waals surface area contributed by atoms with Gasteiger partial charge in [0.15, 0.2) is 0 Å². The average Bonchev–Trinajstić information content (AvgIpc) is 2.77. The van der Waals surface area contributed by atoms with Crippen molar-refractivity contribution in [3.8, 4) is 0 Å². The standard InChI is InChI=1S/C22H28N2O/c1-13(2)16-8-7-9-17(14(3)4)20(16)24-21-22(6,25)18-11-10-15(5)12-19(18)23-21/h7-14,25H,1-6H3,(H,23,24). The summed E-state index contributed by atoms with van der Waals surface area (Å²) in [6.07, 6.45) is 0. The van der Waals surface area contributed by atoms with Gasteiger partial charge in [0.2, 0.25) is 0 Å². The molecule has 0 amide bonds. The quantitative estimate of drug-likeness (QED) is 0.765. The lowest BCUT2D eigenvalue weighted by molar-refractivity contribution is 0.137. The lowest BCUT2D eigenvalue weighted by Gasteiger charge is -2.21. The largest absolute Gasteiger partial charge is 0.377 e. The molecule has 0 saturated heterocycles. The predicted octanol–water partition coefficient (Wildman–Crippen LogP) is 5.61. The Bertz CT molecular complexity index is 806. The first kappa shape index (κ1) is 17.7. The number of anilines is 1. The van der Waals surface area contributed by atoms with Crippen LogP contribution in [0.25, 0.3) is 0 Å². The van der Waals surface area contributed by atoms with Crippen LogP contribution in [-0.4, -0.2) is 10.9 Å². The molecular formula is C22H28N2O. The average molecular weight is 336 g/mol.